The summed E-state index contributed by atoms with van der Waals surface area (Å²) in [6.07, 6.45) is 2.52. The lowest BCUT2D eigenvalue weighted by Crippen LogP contribution is -2.34. The number of ether oxygens (including phenoxy) is 1. The number of carbonyl (C=O) groups excluding carboxylic acids is 1. The summed E-state index contributed by atoms with van der Waals surface area (Å²) in [5.41, 5.74) is -0.986. The van der Waals surface area contributed by atoms with Gasteiger partial charge in [0.05, 0.1) is 22.8 Å². The smallest absolute Gasteiger partial charge is 0.407 e. The predicted molar refractivity (Wildman–Crippen MR) is 108 cm³/mol. The van der Waals surface area contributed by atoms with Gasteiger partial charge < -0.3 is 10.1 Å². The van der Waals surface area contributed by atoms with E-state index in [1.165, 1.54) is 16.8 Å². The van der Waals surface area contributed by atoms with Crippen LogP contribution < -0.4 is 10.9 Å². The van der Waals surface area contributed by atoms with Gasteiger partial charge in [-0.05, 0) is 45.0 Å². The van der Waals surface area contributed by atoms with Crippen LogP contribution in [0.2, 0.25) is 0 Å². The average Bonchev–Trinajstić information content (AvgIpc) is 2.68. The van der Waals surface area contributed by atoms with Gasteiger partial charge in [-0.15, -0.1) is 0 Å². The summed E-state index contributed by atoms with van der Waals surface area (Å²) < 4.78 is 20.9. The molecular weight excluding hydrogens is 389 g/mol. The molecule has 0 bridgehead atoms. The van der Waals surface area contributed by atoms with E-state index in [0.29, 0.717) is 5.69 Å². The Bertz CT molecular complexity index is 1190. The van der Waals surface area contributed by atoms with Crippen molar-refractivity contribution in [2.24, 2.45) is 0 Å². The Kier molecular flexibility index (Phi) is 5.78. The van der Waals surface area contributed by atoms with E-state index in [2.05, 4.69) is 15.3 Å². The quantitative estimate of drug-likeness (QED) is 0.710. The van der Waals surface area contributed by atoms with Crippen LogP contribution in [0.1, 0.15) is 32.2 Å². The van der Waals surface area contributed by atoms with Crippen LogP contribution in [-0.4, -0.2) is 32.8 Å². The SMILES string of the molecule is CC(C)(C)OC(=O)NCCc1nc2c(F)ccc(C#N)c2c(=O)n1-c1cccnc1. The first-order chi connectivity index (χ1) is 14.2. The topological polar surface area (TPSA) is 110 Å². The van der Waals surface area contributed by atoms with Gasteiger partial charge in [-0.2, -0.15) is 5.26 Å². The number of hydrogen-bond acceptors (Lipinski definition) is 6. The van der Waals surface area contributed by atoms with Crippen LogP contribution >= 0.6 is 0 Å². The van der Waals surface area contributed by atoms with Crippen LogP contribution in [-0.2, 0) is 11.2 Å². The Hall–Kier alpha value is -3.80. The maximum absolute atomic E-state index is 14.4. The molecule has 0 aliphatic carbocycles. The van der Waals surface area contributed by atoms with Crippen LogP contribution in [0.3, 0.4) is 0 Å². The van der Waals surface area contributed by atoms with Crippen molar-refractivity contribution in [2.75, 3.05) is 6.54 Å². The number of nitrogens with one attached hydrogen (secondary N) is 1. The second-order valence-electron chi connectivity index (χ2n) is 7.49. The van der Waals surface area contributed by atoms with Gasteiger partial charge in [0.2, 0.25) is 0 Å². The molecular formula is C21H20FN5O3. The standard InChI is InChI=1S/C21H20FN5O3/c1-21(2,3)30-20(29)25-10-8-16-26-18-15(22)7-6-13(11-23)17(18)19(28)27(16)14-5-4-9-24-12-14/h4-7,9,12H,8,10H2,1-3H3,(H,25,29). The molecule has 0 atom stereocenters. The zero-order chi connectivity index (χ0) is 21.9. The predicted octanol–water partition coefficient (Wildman–Crippen LogP) is 2.86. The Morgan fingerprint density at radius 2 is 2.10 bits per heavy atom. The van der Waals surface area contributed by atoms with Crippen molar-refractivity contribution in [1.29, 1.82) is 5.26 Å². The van der Waals surface area contributed by atoms with Crippen LogP contribution in [0, 0.1) is 17.1 Å². The first kappa shape index (κ1) is 20.9. The molecule has 1 aromatic carbocycles. The summed E-state index contributed by atoms with van der Waals surface area (Å²) in [6, 6.07) is 7.55. The summed E-state index contributed by atoms with van der Waals surface area (Å²) in [5, 5.41) is 11.8. The molecule has 0 aliphatic heterocycles. The first-order valence-electron chi connectivity index (χ1n) is 9.23. The summed E-state index contributed by atoms with van der Waals surface area (Å²) in [5.74, 6) is -0.494. The maximum atomic E-state index is 14.4. The molecule has 1 amide bonds. The molecule has 9 heteroatoms. The largest absolute Gasteiger partial charge is 0.444 e. The number of fused-ring (bicyclic) bond motifs is 1. The number of rotatable bonds is 4. The van der Waals surface area contributed by atoms with E-state index in [1.807, 2.05) is 6.07 Å². The Balaban J connectivity index is 2.07. The van der Waals surface area contributed by atoms with Crippen molar-refractivity contribution in [3.63, 3.8) is 0 Å². The third-order valence-electron chi connectivity index (χ3n) is 4.09. The fourth-order valence-corrected chi connectivity index (χ4v) is 2.90. The number of nitrogens with zero attached hydrogens (tertiary/aromatic N) is 4. The van der Waals surface area contributed by atoms with Crippen molar-refractivity contribution in [2.45, 2.75) is 32.8 Å². The minimum absolute atomic E-state index is 0.0278. The first-order valence-corrected chi connectivity index (χ1v) is 9.23. The minimum atomic E-state index is -0.708. The van der Waals surface area contributed by atoms with Crippen molar-refractivity contribution in [1.82, 2.24) is 19.9 Å². The Morgan fingerprint density at radius 1 is 1.33 bits per heavy atom. The fourth-order valence-electron chi connectivity index (χ4n) is 2.90. The number of halogens is 1. The lowest BCUT2D eigenvalue weighted by atomic mass is 10.1. The summed E-state index contributed by atoms with van der Waals surface area (Å²) in [4.78, 5) is 33.4. The molecule has 0 radical (unpaired) electrons. The molecule has 3 rings (SSSR count). The fraction of sp³-hybridized carbons (Fsp3) is 0.286. The molecule has 0 saturated carbocycles. The van der Waals surface area contributed by atoms with Gasteiger partial charge in [0.15, 0.2) is 0 Å². The van der Waals surface area contributed by atoms with Gasteiger partial charge in [-0.3, -0.25) is 14.3 Å². The highest BCUT2D eigenvalue weighted by molar-refractivity contribution is 5.84. The summed E-state index contributed by atoms with van der Waals surface area (Å²) in [7, 11) is 0. The van der Waals surface area contributed by atoms with Crippen molar-refractivity contribution < 1.29 is 13.9 Å². The highest BCUT2D eigenvalue weighted by Crippen LogP contribution is 2.19. The molecule has 2 heterocycles. The van der Waals surface area contributed by atoms with E-state index in [4.69, 9.17) is 4.74 Å². The molecule has 0 saturated heterocycles. The highest BCUT2D eigenvalue weighted by atomic mass is 19.1. The molecule has 0 aliphatic rings. The average molecular weight is 409 g/mol. The minimum Gasteiger partial charge on any atom is -0.444 e. The van der Waals surface area contributed by atoms with Gasteiger partial charge >= 0.3 is 6.09 Å². The molecule has 0 unspecified atom stereocenters. The summed E-state index contributed by atoms with van der Waals surface area (Å²) in [6.45, 7) is 5.33. The maximum Gasteiger partial charge on any atom is 0.407 e. The molecule has 0 spiro atoms. The Morgan fingerprint density at radius 3 is 2.73 bits per heavy atom. The van der Waals surface area contributed by atoms with Gasteiger partial charge in [-0.25, -0.2) is 14.2 Å². The highest BCUT2D eigenvalue weighted by Gasteiger charge is 2.19. The monoisotopic (exact) mass is 409 g/mol. The zero-order valence-corrected chi connectivity index (χ0v) is 16.8. The van der Waals surface area contributed by atoms with Crippen molar-refractivity contribution in [3.8, 4) is 11.8 Å². The lowest BCUT2D eigenvalue weighted by Gasteiger charge is -2.20. The molecule has 30 heavy (non-hydrogen) atoms. The normalized spacial score (nSPS) is 11.2. The second kappa shape index (κ2) is 8.29. The van der Waals surface area contributed by atoms with E-state index in [-0.39, 0.29) is 35.3 Å². The van der Waals surface area contributed by atoms with Gasteiger partial charge in [-0.1, -0.05) is 0 Å². The number of benzene rings is 1. The van der Waals surface area contributed by atoms with Crippen molar-refractivity contribution >= 4 is 17.0 Å². The zero-order valence-electron chi connectivity index (χ0n) is 16.8. The van der Waals surface area contributed by atoms with Crippen LogP contribution in [0.4, 0.5) is 9.18 Å². The number of amides is 1. The van der Waals surface area contributed by atoms with Crippen LogP contribution in [0.25, 0.3) is 16.6 Å². The molecule has 2 aromatic heterocycles. The van der Waals surface area contributed by atoms with E-state index < -0.39 is 23.1 Å². The number of nitriles is 1. The number of alkyl carbamates (subject to hydrolysis) is 1. The van der Waals surface area contributed by atoms with Crippen LogP contribution in [0.5, 0.6) is 0 Å². The molecule has 1 N–H and O–H groups in total. The number of aromatic nitrogens is 3. The van der Waals surface area contributed by atoms with Gasteiger partial charge in [0.1, 0.15) is 28.8 Å². The molecule has 3 aromatic rings. The van der Waals surface area contributed by atoms with Gasteiger partial charge in [0, 0.05) is 19.2 Å². The van der Waals surface area contributed by atoms with Gasteiger partial charge in [0.25, 0.3) is 5.56 Å². The summed E-state index contributed by atoms with van der Waals surface area (Å²) >= 11 is 0. The lowest BCUT2D eigenvalue weighted by molar-refractivity contribution is 0.0528. The molecule has 154 valence electrons. The van der Waals surface area contributed by atoms with E-state index in [1.54, 1.807) is 39.1 Å². The molecule has 8 nitrogen and oxygen atoms in total. The number of carbonyl (C=O) groups is 1. The third-order valence-corrected chi connectivity index (χ3v) is 4.09. The van der Waals surface area contributed by atoms with E-state index in [9.17, 15) is 19.2 Å². The number of pyridine rings is 1. The van der Waals surface area contributed by atoms with Crippen molar-refractivity contribution in [3.05, 3.63) is 64.2 Å². The van der Waals surface area contributed by atoms with Crippen LogP contribution in [0.15, 0.2) is 41.5 Å². The third kappa shape index (κ3) is 4.43. The second-order valence-corrected chi connectivity index (χ2v) is 7.49. The number of hydrogen-bond donors (Lipinski definition) is 1. The Labute approximate surface area is 172 Å². The molecule has 0 fully saturated rings. The van der Waals surface area contributed by atoms with E-state index >= 15 is 0 Å². The van der Waals surface area contributed by atoms with E-state index in [0.717, 1.165) is 6.07 Å².